The molecule has 13 heavy (non-hydrogen) atoms. The Morgan fingerprint density at radius 2 is 2.23 bits per heavy atom. The number of alkyl halides is 1. The van der Waals surface area contributed by atoms with E-state index in [0.29, 0.717) is 0 Å². The van der Waals surface area contributed by atoms with Crippen molar-refractivity contribution in [2.45, 2.75) is 13.6 Å². The van der Waals surface area contributed by atoms with Gasteiger partial charge in [0.05, 0.1) is 2.88 Å². The fraction of sp³-hybridized carbons (Fsp3) is 0.200. The van der Waals surface area contributed by atoms with E-state index >= 15 is 0 Å². The molecule has 0 unspecified atom stereocenters. The molecule has 0 saturated heterocycles. The summed E-state index contributed by atoms with van der Waals surface area (Å²) in [5.41, 5.74) is 2.08. The molecule has 0 bridgehead atoms. The van der Waals surface area contributed by atoms with Crippen LogP contribution in [0.5, 0.6) is 0 Å². The van der Waals surface area contributed by atoms with Gasteiger partial charge in [-0.3, -0.25) is 0 Å². The van der Waals surface area contributed by atoms with Crippen molar-refractivity contribution in [2.24, 2.45) is 0 Å². The van der Waals surface area contributed by atoms with Gasteiger partial charge in [0.2, 0.25) is 0 Å². The lowest BCUT2D eigenvalue weighted by atomic mass is 10.1. The fourth-order valence-corrected chi connectivity index (χ4v) is 3.32. The van der Waals surface area contributed by atoms with Crippen LogP contribution in [0.2, 0.25) is 0 Å². The molecule has 0 amide bonds. The second kappa shape index (κ2) is 3.53. The van der Waals surface area contributed by atoms with E-state index in [0.717, 1.165) is 5.56 Å². The number of benzene rings is 1. The molecule has 0 N–H and O–H groups in total. The standard InChI is InChI=1S/C10H8FIS/c1-6-8-3-2-7(5-11)4-9(8)13-10(6)12/h2-4H,5H2,1H3. The predicted octanol–water partition coefficient (Wildman–Crippen LogP) is 4.28. The van der Waals surface area contributed by atoms with Crippen molar-refractivity contribution in [3.05, 3.63) is 32.2 Å². The van der Waals surface area contributed by atoms with Crippen LogP contribution in [0.4, 0.5) is 4.39 Å². The molecule has 0 spiro atoms. The summed E-state index contributed by atoms with van der Waals surface area (Å²) in [6.45, 7) is 1.74. The maximum absolute atomic E-state index is 12.4. The van der Waals surface area contributed by atoms with E-state index in [1.165, 1.54) is 18.5 Å². The average Bonchev–Trinajstić information content (AvgIpc) is 2.42. The first-order valence-corrected chi connectivity index (χ1v) is 5.85. The minimum atomic E-state index is -0.372. The van der Waals surface area contributed by atoms with Crippen LogP contribution in [0.25, 0.3) is 10.1 Å². The van der Waals surface area contributed by atoms with Crippen LogP contribution < -0.4 is 0 Å². The summed E-state index contributed by atoms with van der Waals surface area (Å²) in [7, 11) is 0. The first-order valence-electron chi connectivity index (χ1n) is 3.96. The maximum Gasteiger partial charge on any atom is 0.115 e. The molecule has 1 aromatic heterocycles. The molecule has 0 saturated carbocycles. The van der Waals surface area contributed by atoms with Gasteiger partial charge in [-0.05, 0) is 52.1 Å². The molecule has 0 radical (unpaired) electrons. The van der Waals surface area contributed by atoms with E-state index in [9.17, 15) is 4.39 Å². The number of aryl methyl sites for hydroxylation is 1. The van der Waals surface area contributed by atoms with E-state index in [4.69, 9.17) is 0 Å². The fourth-order valence-electron chi connectivity index (χ4n) is 1.32. The van der Waals surface area contributed by atoms with Crippen molar-refractivity contribution >= 4 is 44.0 Å². The number of hydrogen-bond acceptors (Lipinski definition) is 1. The van der Waals surface area contributed by atoms with Crippen LogP contribution in [-0.2, 0) is 6.67 Å². The van der Waals surface area contributed by atoms with E-state index < -0.39 is 0 Å². The Balaban J connectivity index is 2.73. The Hall–Kier alpha value is -0.160. The molecule has 0 aliphatic carbocycles. The minimum absolute atomic E-state index is 0.372. The van der Waals surface area contributed by atoms with Crippen molar-refractivity contribution in [1.29, 1.82) is 0 Å². The molecule has 1 heterocycles. The van der Waals surface area contributed by atoms with Gasteiger partial charge in [0.15, 0.2) is 0 Å². The zero-order valence-electron chi connectivity index (χ0n) is 7.10. The van der Waals surface area contributed by atoms with Crippen molar-refractivity contribution in [3.63, 3.8) is 0 Å². The molecular weight excluding hydrogens is 298 g/mol. The number of hydrogen-bond donors (Lipinski definition) is 0. The molecule has 0 aliphatic rings. The molecule has 0 atom stereocenters. The third-order valence-corrected chi connectivity index (χ3v) is 4.61. The highest BCUT2D eigenvalue weighted by atomic mass is 127. The van der Waals surface area contributed by atoms with Gasteiger partial charge in [0.1, 0.15) is 6.67 Å². The molecular formula is C10H8FIS. The van der Waals surface area contributed by atoms with Crippen LogP contribution in [-0.4, -0.2) is 0 Å². The van der Waals surface area contributed by atoms with E-state index in [1.54, 1.807) is 11.3 Å². The quantitative estimate of drug-likeness (QED) is 0.690. The number of thiophene rings is 1. The molecule has 0 aliphatic heterocycles. The molecule has 2 aromatic rings. The highest BCUT2D eigenvalue weighted by molar-refractivity contribution is 14.1. The van der Waals surface area contributed by atoms with Crippen LogP contribution in [0.1, 0.15) is 11.1 Å². The normalized spacial score (nSPS) is 11.0. The van der Waals surface area contributed by atoms with Gasteiger partial charge in [-0.2, -0.15) is 0 Å². The molecule has 3 heteroatoms. The molecule has 2 rings (SSSR count). The number of halogens is 2. The SMILES string of the molecule is Cc1c(I)sc2cc(CF)ccc12. The maximum atomic E-state index is 12.4. The van der Waals surface area contributed by atoms with Crippen LogP contribution >= 0.6 is 33.9 Å². The summed E-state index contributed by atoms with van der Waals surface area (Å²) in [6, 6.07) is 5.81. The Morgan fingerprint density at radius 1 is 1.46 bits per heavy atom. The first kappa shape index (κ1) is 9.40. The minimum Gasteiger partial charge on any atom is -0.246 e. The summed E-state index contributed by atoms with van der Waals surface area (Å²) in [5, 5.41) is 1.26. The second-order valence-corrected chi connectivity index (χ2v) is 5.83. The van der Waals surface area contributed by atoms with Crippen LogP contribution in [0.3, 0.4) is 0 Å². The number of rotatable bonds is 1. The zero-order valence-corrected chi connectivity index (χ0v) is 10.1. The predicted molar refractivity (Wildman–Crippen MR) is 64.1 cm³/mol. The summed E-state index contributed by atoms with van der Waals surface area (Å²) < 4.78 is 14.9. The summed E-state index contributed by atoms with van der Waals surface area (Å²) >= 11 is 4.05. The van der Waals surface area contributed by atoms with Gasteiger partial charge in [0, 0.05) is 4.70 Å². The van der Waals surface area contributed by atoms with Gasteiger partial charge < -0.3 is 0 Å². The summed E-state index contributed by atoms with van der Waals surface area (Å²) in [6.07, 6.45) is 0. The van der Waals surface area contributed by atoms with Crippen LogP contribution in [0.15, 0.2) is 18.2 Å². The van der Waals surface area contributed by atoms with Gasteiger partial charge in [-0.15, -0.1) is 11.3 Å². The smallest absolute Gasteiger partial charge is 0.115 e. The Bertz CT molecular complexity index is 447. The van der Waals surface area contributed by atoms with Crippen LogP contribution in [0, 0.1) is 9.81 Å². The number of fused-ring (bicyclic) bond motifs is 1. The Kier molecular flexibility index (Phi) is 2.55. The lowest BCUT2D eigenvalue weighted by Gasteiger charge is -1.94. The first-order chi connectivity index (χ1) is 6.22. The van der Waals surface area contributed by atoms with Crippen molar-refractivity contribution in [1.82, 2.24) is 0 Å². The van der Waals surface area contributed by atoms with Crippen molar-refractivity contribution in [2.75, 3.05) is 0 Å². The highest BCUT2D eigenvalue weighted by Crippen LogP contribution is 2.32. The van der Waals surface area contributed by atoms with E-state index in [1.807, 2.05) is 18.2 Å². The lowest BCUT2D eigenvalue weighted by molar-refractivity contribution is 0.485. The third kappa shape index (κ3) is 1.59. The molecule has 68 valence electrons. The third-order valence-electron chi connectivity index (χ3n) is 2.10. The van der Waals surface area contributed by atoms with Gasteiger partial charge in [-0.25, -0.2) is 4.39 Å². The Labute approximate surface area is 93.9 Å². The largest absolute Gasteiger partial charge is 0.246 e. The average molecular weight is 306 g/mol. The topological polar surface area (TPSA) is 0 Å². The Morgan fingerprint density at radius 3 is 2.92 bits per heavy atom. The van der Waals surface area contributed by atoms with E-state index in [2.05, 4.69) is 29.5 Å². The van der Waals surface area contributed by atoms with Crippen molar-refractivity contribution in [3.8, 4) is 0 Å². The molecule has 0 fully saturated rings. The monoisotopic (exact) mass is 306 g/mol. The van der Waals surface area contributed by atoms with Gasteiger partial charge in [-0.1, -0.05) is 12.1 Å². The van der Waals surface area contributed by atoms with Gasteiger partial charge >= 0.3 is 0 Å². The second-order valence-electron chi connectivity index (χ2n) is 2.96. The lowest BCUT2D eigenvalue weighted by Crippen LogP contribution is -1.76. The van der Waals surface area contributed by atoms with Crippen molar-refractivity contribution < 1.29 is 4.39 Å². The van der Waals surface area contributed by atoms with E-state index in [-0.39, 0.29) is 6.67 Å². The molecule has 0 nitrogen and oxygen atoms in total. The molecule has 1 aromatic carbocycles. The summed E-state index contributed by atoms with van der Waals surface area (Å²) in [4.78, 5) is 0. The highest BCUT2D eigenvalue weighted by Gasteiger charge is 2.05. The summed E-state index contributed by atoms with van der Waals surface area (Å²) in [5.74, 6) is 0. The van der Waals surface area contributed by atoms with Gasteiger partial charge in [0.25, 0.3) is 0 Å². The zero-order chi connectivity index (χ0) is 9.42.